The van der Waals surface area contributed by atoms with Gasteiger partial charge in [0.15, 0.2) is 5.96 Å². The van der Waals surface area contributed by atoms with Crippen LogP contribution in [-0.4, -0.2) is 36.4 Å². The van der Waals surface area contributed by atoms with E-state index in [1.807, 2.05) is 41.2 Å². The number of aromatic nitrogens is 2. The molecule has 0 aliphatic carbocycles. The second-order valence-electron chi connectivity index (χ2n) is 6.72. The van der Waals surface area contributed by atoms with Gasteiger partial charge in [-0.1, -0.05) is 29.8 Å². The fraction of sp³-hybridized carbons (Fsp3) is 0.273. The lowest BCUT2D eigenvalue weighted by atomic mass is 10.1. The maximum Gasteiger partial charge on any atom is 0.191 e. The summed E-state index contributed by atoms with van der Waals surface area (Å²) in [6.45, 7) is 1.31. The molecule has 0 fully saturated rings. The Kier molecular flexibility index (Phi) is 7.82. The van der Waals surface area contributed by atoms with Gasteiger partial charge in [-0.3, -0.25) is 9.67 Å². The first-order valence-electron chi connectivity index (χ1n) is 9.56. The minimum atomic E-state index is -0.270. The van der Waals surface area contributed by atoms with Crippen molar-refractivity contribution in [3.63, 3.8) is 0 Å². The Balaban J connectivity index is 1.64. The van der Waals surface area contributed by atoms with E-state index >= 15 is 0 Å². The number of ether oxygens (including phenoxy) is 1. The normalized spacial score (nSPS) is 12.6. The maximum atomic E-state index is 13.8. The Morgan fingerprint density at radius 2 is 2.03 bits per heavy atom. The van der Waals surface area contributed by atoms with Gasteiger partial charge in [-0.15, -0.1) is 0 Å². The summed E-state index contributed by atoms with van der Waals surface area (Å²) in [4.78, 5) is 4.29. The summed E-state index contributed by atoms with van der Waals surface area (Å²) in [7, 11) is 3.26. The fourth-order valence-electron chi connectivity index (χ4n) is 3.12. The summed E-state index contributed by atoms with van der Waals surface area (Å²) in [5, 5.41) is 11.7. The van der Waals surface area contributed by atoms with Gasteiger partial charge in [-0.2, -0.15) is 5.10 Å². The summed E-state index contributed by atoms with van der Waals surface area (Å²) >= 11 is 6.03. The Morgan fingerprint density at radius 3 is 2.70 bits per heavy atom. The first kappa shape index (κ1) is 21.8. The van der Waals surface area contributed by atoms with Crippen LogP contribution >= 0.6 is 11.6 Å². The molecule has 2 N–H and O–H groups in total. The van der Waals surface area contributed by atoms with Crippen molar-refractivity contribution in [1.29, 1.82) is 0 Å². The lowest BCUT2D eigenvalue weighted by molar-refractivity contribution is 0.181. The minimum absolute atomic E-state index is 0.0325. The molecule has 1 heterocycles. The molecule has 158 valence electrons. The highest BCUT2D eigenvalue weighted by Gasteiger charge is 2.15. The molecular formula is C22H25ClFN5O. The van der Waals surface area contributed by atoms with Crippen LogP contribution in [0.25, 0.3) is 0 Å². The number of rotatable bonds is 8. The highest BCUT2D eigenvalue weighted by atomic mass is 35.5. The molecule has 0 radical (unpaired) electrons. The molecule has 0 aliphatic heterocycles. The molecule has 0 aliphatic rings. The zero-order chi connectivity index (χ0) is 21.3. The molecule has 1 aromatic heterocycles. The molecule has 0 bridgehead atoms. The second kappa shape index (κ2) is 10.8. The SMILES string of the molecule is CN=C(NCc1ccc(F)c(COC)c1)NCC(c1ccc(Cl)cc1)n1cccn1. The van der Waals surface area contributed by atoms with Crippen LogP contribution in [0, 0.1) is 5.82 Å². The van der Waals surface area contributed by atoms with Gasteiger partial charge in [-0.25, -0.2) is 4.39 Å². The summed E-state index contributed by atoms with van der Waals surface area (Å²) in [6, 6.07) is 14.6. The smallest absolute Gasteiger partial charge is 0.191 e. The minimum Gasteiger partial charge on any atom is -0.380 e. The van der Waals surface area contributed by atoms with Crippen LogP contribution in [0.3, 0.4) is 0 Å². The van der Waals surface area contributed by atoms with Crippen LogP contribution in [0.1, 0.15) is 22.7 Å². The van der Waals surface area contributed by atoms with Crippen LogP contribution in [0.5, 0.6) is 0 Å². The second-order valence-corrected chi connectivity index (χ2v) is 7.16. The van der Waals surface area contributed by atoms with Crippen LogP contribution < -0.4 is 10.6 Å². The highest BCUT2D eigenvalue weighted by Crippen LogP contribution is 2.19. The van der Waals surface area contributed by atoms with Crippen molar-refractivity contribution in [3.05, 3.63) is 88.5 Å². The van der Waals surface area contributed by atoms with E-state index in [0.717, 1.165) is 11.1 Å². The first-order valence-corrected chi connectivity index (χ1v) is 9.94. The molecule has 3 rings (SSSR count). The van der Waals surface area contributed by atoms with Gasteiger partial charge in [0.25, 0.3) is 0 Å². The van der Waals surface area contributed by atoms with E-state index in [-0.39, 0.29) is 18.5 Å². The molecule has 8 heteroatoms. The fourth-order valence-corrected chi connectivity index (χ4v) is 3.24. The molecular weight excluding hydrogens is 405 g/mol. The van der Waals surface area contributed by atoms with Crippen molar-refractivity contribution in [3.8, 4) is 0 Å². The van der Waals surface area contributed by atoms with E-state index in [9.17, 15) is 4.39 Å². The Labute approximate surface area is 180 Å². The molecule has 0 spiro atoms. The van der Waals surface area contributed by atoms with Crippen molar-refractivity contribution in [2.24, 2.45) is 4.99 Å². The van der Waals surface area contributed by atoms with Gasteiger partial charge >= 0.3 is 0 Å². The largest absolute Gasteiger partial charge is 0.380 e. The molecule has 30 heavy (non-hydrogen) atoms. The maximum absolute atomic E-state index is 13.8. The predicted octanol–water partition coefficient (Wildman–Crippen LogP) is 3.78. The summed E-state index contributed by atoms with van der Waals surface area (Å²) in [6.07, 6.45) is 3.68. The van der Waals surface area contributed by atoms with E-state index < -0.39 is 0 Å². The number of benzene rings is 2. The van der Waals surface area contributed by atoms with E-state index in [2.05, 4.69) is 20.7 Å². The Bertz CT molecular complexity index is 960. The van der Waals surface area contributed by atoms with Crippen molar-refractivity contribution < 1.29 is 9.13 Å². The van der Waals surface area contributed by atoms with Gasteiger partial charge in [-0.05, 0) is 41.5 Å². The third-order valence-electron chi connectivity index (χ3n) is 4.66. The number of halogens is 2. The van der Waals surface area contributed by atoms with Crippen molar-refractivity contribution in [2.75, 3.05) is 20.7 Å². The Morgan fingerprint density at radius 1 is 1.23 bits per heavy atom. The van der Waals surface area contributed by atoms with Crippen LogP contribution in [0.4, 0.5) is 4.39 Å². The summed E-state index contributed by atoms with van der Waals surface area (Å²) in [5.74, 6) is 0.367. The van der Waals surface area contributed by atoms with Crippen LogP contribution in [-0.2, 0) is 17.9 Å². The molecule has 1 atom stereocenters. The van der Waals surface area contributed by atoms with Gasteiger partial charge in [0, 0.05) is 50.2 Å². The lowest BCUT2D eigenvalue weighted by Gasteiger charge is -2.21. The van der Waals surface area contributed by atoms with Crippen LogP contribution in [0.2, 0.25) is 5.02 Å². The quantitative estimate of drug-likeness (QED) is 0.422. The topological polar surface area (TPSA) is 63.5 Å². The molecule has 3 aromatic rings. The van der Waals surface area contributed by atoms with Gasteiger partial charge in [0.05, 0.1) is 12.6 Å². The summed E-state index contributed by atoms with van der Waals surface area (Å²) in [5.41, 5.74) is 2.54. The molecule has 1 unspecified atom stereocenters. The number of aliphatic imine (C=N–C) groups is 1. The molecule has 0 saturated carbocycles. The van der Waals surface area contributed by atoms with E-state index in [4.69, 9.17) is 16.3 Å². The standard InChI is InChI=1S/C22H25ClFN5O/c1-25-22(26-13-16-4-9-20(24)18(12-16)15-30-2)27-14-21(29-11-3-10-28-29)17-5-7-19(23)8-6-17/h3-12,21H,13-15H2,1-2H3,(H2,25,26,27). The zero-order valence-corrected chi connectivity index (χ0v) is 17.7. The molecule has 6 nitrogen and oxygen atoms in total. The van der Waals surface area contributed by atoms with Gasteiger partial charge in [0.2, 0.25) is 0 Å². The molecule has 2 aromatic carbocycles. The van der Waals surface area contributed by atoms with Crippen molar-refractivity contribution in [2.45, 2.75) is 19.2 Å². The van der Waals surface area contributed by atoms with E-state index in [1.165, 1.54) is 6.07 Å². The summed E-state index contributed by atoms with van der Waals surface area (Å²) < 4.78 is 20.7. The monoisotopic (exact) mass is 429 g/mol. The zero-order valence-electron chi connectivity index (χ0n) is 17.0. The average Bonchev–Trinajstić information content (AvgIpc) is 3.28. The Hall–Kier alpha value is -2.90. The third-order valence-corrected chi connectivity index (χ3v) is 4.91. The number of hydrogen-bond donors (Lipinski definition) is 2. The number of guanidine groups is 1. The number of nitrogens with zero attached hydrogens (tertiary/aromatic N) is 3. The highest BCUT2D eigenvalue weighted by molar-refractivity contribution is 6.30. The van der Waals surface area contributed by atoms with Gasteiger partial charge < -0.3 is 15.4 Å². The van der Waals surface area contributed by atoms with Crippen LogP contribution in [0.15, 0.2) is 65.9 Å². The van der Waals surface area contributed by atoms with E-state index in [1.54, 1.807) is 32.5 Å². The predicted molar refractivity (Wildman–Crippen MR) is 117 cm³/mol. The number of methoxy groups -OCH3 is 1. The number of hydrogen-bond acceptors (Lipinski definition) is 3. The number of nitrogens with one attached hydrogen (secondary N) is 2. The lowest BCUT2D eigenvalue weighted by Crippen LogP contribution is -2.40. The van der Waals surface area contributed by atoms with Gasteiger partial charge in [0.1, 0.15) is 5.82 Å². The van der Waals surface area contributed by atoms with E-state index in [0.29, 0.717) is 29.6 Å². The van der Waals surface area contributed by atoms with Crippen molar-refractivity contribution >= 4 is 17.6 Å². The van der Waals surface area contributed by atoms with Crippen molar-refractivity contribution in [1.82, 2.24) is 20.4 Å². The molecule has 0 saturated heterocycles. The molecule has 0 amide bonds. The average molecular weight is 430 g/mol. The first-order chi connectivity index (χ1) is 14.6. The third kappa shape index (κ3) is 5.81.